The lowest BCUT2D eigenvalue weighted by molar-refractivity contribution is -0.121. The molecule has 1 aromatic carbocycles. The quantitative estimate of drug-likeness (QED) is 0.629. The Labute approximate surface area is 149 Å². The second-order valence-electron chi connectivity index (χ2n) is 6.37. The maximum Gasteiger partial charge on any atom is 0.240 e. The van der Waals surface area contributed by atoms with Gasteiger partial charge >= 0.3 is 0 Å². The Hall–Kier alpha value is -1.15. The Kier molecular flexibility index (Phi) is 6.62. The molecule has 0 spiro atoms. The van der Waals surface area contributed by atoms with Crippen LogP contribution in [-0.2, 0) is 21.2 Å². The van der Waals surface area contributed by atoms with Crippen molar-refractivity contribution in [1.82, 2.24) is 15.4 Å². The molecule has 1 aliphatic carbocycles. The van der Waals surface area contributed by atoms with Crippen LogP contribution in [0, 0.1) is 5.92 Å². The largest absolute Gasteiger partial charge is 0.356 e. The molecular formula is C16H24ClN3O3S. The third kappa shape index (κ3) is 5.44. The average Bonchev–Trinajstić information content (AvgIpc) is 3.27. The number of nitrogens with one attached hydrogen (secondary N) is 3. The molecule has 0 bridgehead atoms. The van der Waals surface area contributed by atoms with Crippen molar-refractivity contribution < 1.29 is 13.2 Å². The van der Waals surface area contributed by atoms with Gasteiger partial charge in [0.1, 0.15) is 0 Å². The summed E-state index contributed by atoms with van der Waals surface area (Å²) in [6, 6.07) is 6.89. The van der Waals surface area contributed by atoms with Crippen molar-refractivity contribution in [3.63, 3.8) is 0 Å². The van der Waals surface area contributed by atoms with Crippen molar-refractivity contribution in [2.45, 2.75) is 36.6 Å². The van der Waals surface area contributed by atoms with Crippen LogP contribution >= 0.6 is 12.4 Å². The molecule has 134 valence electrons. The number of carbonyl (C=O) groups excluding carboxylic acids is 1. The van der Waals surface area contributed by atoms with Crippen LogP contribution in [0.4, 0.5) is 0 Å². The number of benzene rings is 1. The van der Waals surface area contributed by atoms with E-state index in [9.17, 15) is 13.2 Å². The summed E-state index contributed by atoms with van der Waals surface area (Å²) in [5, 5.41) is 6.10. The van der Waals surface area contributed by atoms with E-state index in [0.717, 1.165) is 38.0 Å². The molecule has 2 fully saturated rings. The Morgan fingerprint density at radius 3 is 2.38 bits per heavy atom. The SMILES string of the molecule is Cl.O=C(CCc1ccc(S(=O)(=O)NC2CC2)cc1)NCC1CNC1. The van der Waals surface area contributed by atoms with Gasteiger partial charge in [-0.3, -0.25) is 4.79 Å². The lowest BCUT2D eigenvalue weighted by atomic mass is 10.0. The van der Waals surface area contributed by atoms with Gasteiger partial charge in [-0.2, -0.15) is 0 Å². The third-order valence-corrected chi connectivity index (χ3v) is 5.76. The second kappa shape index (κ2) is 8.29. The zero-order chi connectivity index (χ0) is 16.3. The zero-order valence-electron chi connectivity index (χ0n) is 13.5. The fraction of sp³-hybridized carbons (Fsp3) is 0.562. The molecule has 1 heterocycles. The van der Waals surface area contributed by atoms with E-state index in [0.29, 0.717) is 18.8 Å². The third-order valence-electron chi connectivity index (χ3n) is 4.23. The van der Waals surface area contributed by atoms with Gasteiger partial charge in [-0.15, -0.1) is 12.4 Å². The van der Waals surface area contributed by atoms with Crippen LogP contribution in [0.1, 0.15) is 24.8 Å². The molecule has 0 radical (unpaired) electrons. The molecule has 1 aliphatic heterocycles. The van der Waals surface area contributed by atoms with Crippen LogP contribution < -0.4 is 15.4 Å². The first-order valence-corrected chi connectivity index (χ1v) is 9.60. The molecular weight excluding hydrogens is 350 g/mol. The Morgan fingerprint density at radius 2 is 1.83 bits per heavy atom. The van der Waals surface area contributed by atoms with E-state index in [1.165, 1.54) is 0 Å². The summed E-state index contributed by atoms with van der Waals surface area (Å²) in [5.41, 5.74) is 0.968. The number of sulfonamides is 1. The van der Waals surface area contributed by atoms with Crippen molar-refractivity contribution in [2.24, 2.45) is 5.92 Å². The fourth-order valence-electron chi connectivity index (χ4n) is 2.42. The summed E-state index contributed by atoms with van der Waals surface area (Å²) in [4.78, 5) is 12.1. The standard InChI is InChI=1S/C16H23N3O3S.ClH/c20-16(18-11-13-9-17-10-13)8-3-12-1-6-15(7-2-12)23(21,22)19-14-4-5-14;/h1-2,6-7,13-14,17,19H,3-5,8-11H2,(H,18,20);1H. The van der Waals surface area contributed by atoms with Gasteiger partial charge in [0.25, 0.3) is 0 Å². The Balaban J connectivity index is 0.00000208. The van der Waals surface area contributed by atoms with E-state index in [1.807, 2.05) is 0 Å². The Bertz CT molecular complexity index is 656. The highest BCUT2D eigenvalue weighted by atomic mass is 35.5. The predicted octanol–water partition coefficient (Wildman–Crippen LogP) is 0.817. The van der Waals surface area contributed by atoms with Crippen LogP contribution in [0.3, 0.4) is 0 Å². The first kappa shape index (κ1) is 19.2. The maximum absolute atomic E-state index is 12.1. The van der Waals surface area contributed by atoms with Crippen molar-refractivity contribution in [1.29, 1.82) is 0 Å². The van der Waals surface area contributed by atoms with Crippen molar-refractivity contribution in [2.75, 3.05) is 19.6 Å². The molecule has 1 saturated heterocycles. The van der Waals surface area contributed by atoms with Crippen molar-refractivity contribution >= 4 is 28.3 Å². The molecule has 24 heavy (non-hydrogen) atoms. The molecule has 8 heteroatoms. The summed E-state index contributed by atoms with van der Waals surface area (Å²) in [7, 11) is -3.39. The number of amides is 1. The molecule has 6 nitrogen and oxygen atoms in total. The van der Waals surface area contributed by atoms with Crippen LogP contribution in [0.25, 0.3) is 0 Å². The van der Waals surface area contributed by atoms with E-state index in [-0.39, 0.29) is 29.3 Å². The minimum Gasteiger partial charge on any atom is -0.356 e. The number of halogens is 1. The Morgan fingerprint density at radius 1 is 1.17 bits per heavy atom. The molecule has 0 aromatic heterocycles. The van der Waals surface area contributed by atoms with E-state index >= 15 is 0 Å². The minimum atomic E-state index is -3.39. The molecule has 0 unspecified atom stereocenters. The smallest absolute Gasteiger partial charge is 0.240 e. The molecule has 1 amide bonds. The van der Waals surface area contributed by atoms with Gasteiger partial charge in [0, 0.05) is 38.0 Å². The summed E-state index contributed by atoms with van der Waals surface area (Å²) in [6.07, 6.45) is 2.88. The van der Waals surface area contributed by atoms with Gasteiger partial charge in [-0.1, -0.05) is 12.1 Å². The molecule has 1 saturated carbocycles. The first-order valence-electron chi connectivity index (χ1n) is 8.11. The summed E-state index contributed by atoms with van der Waals surface area (Å²) < 4.78 is 26.8. The highest BCUT2D eigenvalue weighted by molar-refractivity contribution is 7.89. The predicted molar refractivity (Wildman–Crippen MR) is 94.7 cm³/mol. The monoisotopic (exact) mass is 373 g/mol. The maximum atomic E-state index is 12.1. The van der Waals surface area contributed by atoms with Crippen molar-refractivity contribution in [3.8, 4) is 0 Å². The molecule has 3 rings (SSSR count). The van der Waals surface area contributed by atoms with Crippen LogP contribution in [-0.4, -0.2) is 40.0 Å². The number of aryl methyl sites for hydroxylation is 1. The summed E-state index contributed by atoms with van der Waals surface area (Å²) >= 11 is 0. The zero-order valence-corrected chi connectivity index (χ0v) is 15.1. The van der Waals surface area contributed by atoms with Gasteiger partial charge in [0.15, 0.2) is 0 Å². The topological polar surface area (TPSA) is 87.3 Å². The summed E-state index contributed by atoms with van der Waals surface area (Å²) in [5.74, 6) is 0.603. The lowest BCUT2D eigenvalue weighted by Crippen LogP contribution is -2.48. The number of rotatable bonds is 8. The van der Waals surface area contributed by atoms with E-state index in [1.54, 1.807) is 24.3 Å². The van der Waals surface area contributed by atoms with Gasteiger partial charge in [0.2, 0.25) is 15.9 Å². The summed E-state index contributed by atoms with van der Waals surface area (Å²) in [6.45, 7) is 2.69. The number of carbonyl (C=O) groups is 1. The second-order valence-corrected chi connectivity index (χ2v) is 8.08. The molecule has 2 aliphatic rings. The van der Waals surface area contributed by atoms with Crippen LogP contribution in [0.2, 0.25) is 0 Å². The van der Waals surface area contributed by atoms with Gasteiger partial charge in [-0.25, -0.2) is 13.1 Å². The fourth-order valence-corrected chi connectivity index (χ4v) is 3.73. The highest BCUT2D eigenvalue weighted by Crippen LogP contribution is 2.22. The molecule has 0 atom stereocenters. The van der Waals surface area contributed by atoms with Crippen molar-refractivity contribution in [3.05, 3.63) is 29.8 Å². The van der Waals surface area contributed by atoms with Crippen LogP contribution in [0.15, 0.2) is 29.2 Å². The first-order chi connectivity index (χ1) is 11.0. The van der Waals surface area contributed by atoms with Gasteiger partial charge in [-0.05, 0) is 37.0 Å². The highest BCUT2D eigenvalue weighted by Gasteiger charge is 2.27. The minimum absolute atomic E-state index is 0. The molecule has 3 N–H and O–H groups in total. The molecule has 1 aromatic rings. The van der Waals surface area contributed by atoms with Gasteiger partial charge < -0.3 is 10.6 Å². The van der Waals surface area contributed by atoms with E-state index < -0.39 is 10.0 Å². The van der Waals surface area contributed by atoms with E-state index in [2.05, 4.69) is 15.4 Å². The average molecular weight is 374 g/mol. The van der Waals surface area contributed by atoms with E-state index in [4.69, 9.17) is 0 Å². The normalized spacial score (nSPS) is 17.7. The van der Waals surface area contributed by atoms with Crippen LogP contribution in [0.5, 0.6) is 0 Å². The number of hydrogen-bond acceptors (Lipinski definition) is 4. The van der Waals surface area contributed by atoms with Gasteiger partial charge in [0.05, 0.1) is 4.90 Å². The number of hydrogen-bond donors (Lipinski definition) is 3. The lowest BCUT2D eigenvalue weighted by Gasteiger charge is -2.27.